The first-order valence-corrected chi connectivity index (χ1v) is 7.97. The number of rotatable bonds is 4. The van der Waals surface area contributed by atoms with E-state index in [-0.39, 0.29) is 18.3 Å². The molecule has 1 saturated heterocycles. The first kappa shape index (κ1) is 17.5. The van der Waals surface area contributed by atoms with Crippen molar-refractivity contribution in [3.05, 3.63) is 57.3 Å². The lowest BCUT2D eigenvalue weighted by Crippen LogP contribution is -2.30. The number of nitrogens with zero attached hydrogens (tertiary/aromatic N) is 2. The normalized spacial score (nSPS) is 19.8. The van der Waals surface area contributed by atoms with Crippen LogP contribution in [-0.4, -0.2) is 33.3 Å². The van der Waals surface area contributed by atoms with Gasteiger partial charge >= 0.3 is 5.69 Å². The number of nitrogens with one attached hydrogen (secondary N) is 1. The van der Waals surface area contributed by atoms with Gasteiger partial charge in [0, 0.05) is 10.6 Å². The molecule has 0 unspecified atom stereocenters. The van der Waals surface area contributed by atoms with Crippen LogP contribution in [0.25, 0.3) is 0 Å². The molecule has 0 aliphatic carbocycles. The van der Waals surface area contributed by atoms with Crippen LogP contribution in [0.15, 0.2) is 35.3 Å². The van der Waals surface area contributed by atoms with Crippen LogP contribution in [0.4, 0.5) is 10.2 Å². The van der Waals surface area contributed by atoms with Crippen LogP contribution in [0.3, 0.4) is 0 Å². The Morgan fingerprint density at radius 2 is 2.28 bits per heavy atom. The van der Waals surface area contributed by atoms with E-state index in [9.17, 15) is 14.0 Å². The number of aromatic nitrogens is 2. The van der Waals surface area contributed by atoms with Crippen molar-refractivity contribution < 1.29 is 19.0 Å². The summed E-state index contributed by atoms with van der Waals surface area (Å²) in [4.78, 5) is 27.8. The lowest BCUT2D eigenvalue weighted by Gasteiger charge is -2.15. The van der Waals surface area contributed by atoms with E-state index in [4.69, 9.17) is 21.4 Å². The molecule has 1 aliphatic heterocycles. The van der Waals surface area contributed by atoms with Crippen molar-refractivity contribution in [1.29, 1.82) is 0 Å². The Morgan fingerprint density at radius 3 is 2.96 bits per heavy atom. The first-order valence-electron chi connectivity index (χ1n) is 7.60. The topological polar surface area (TPSA) is 93.5 Å². The molecular weight excluding hydrogens is 353 g/mol. The number of aliphatic hydroxyl groups excluding tert-OH is 1. The van der Waals surface area contributed by atoms with Crippen molar-refractivity contribution in [3.8, 4) is 0 Å². The summed E-state index contributed by atoms with van der Waals surface area (Å²) < 4.78 is 20.7. The standard InChI is InChI=1S/C16H15ClFN3O4/c17-10-3-1-2-9(6-10)15(23)19-14-12(18)7-21(16(24)20-14)13-5-4-11(8-22)25-13/h1-3,6-7,11,13,22H,4-5,8H2,(H,19,20,23,24)/t11-,13+/m0/s1. The van der Waals surface area contributed by atoms with Gasteiger partial charge in [-0.3, -0.25) is 9.36 Å². The van der Waals surface area contributed by atoms with E-state index in [1.165, 1.54) is 12.1 Å². The summed E-state index contributed by atoms with van der Waals surface area (Å²) in [7, 11) is 0. The Balaban J connectivity index is 1.81. The average molecular weight is 368 g/mol. The minimum atomic E-state index is -0.869. The number of anilines is 1. The van der Waals surface area contributed by atoms with Crippen molar-refractivity contribution in [2.24, 2.45) is 0 Å². The molecule has 1 aliphatic rings. The lowest BCUT2D eigenvalue weighted by atomic mass is 10.2. The molecular formula is C16H15ClFN3O4. The fraction of sp³-hybridized carbons (Fsp3) is 0.312. The van der Waals surface area contributed by atoms with E-state index in [1.54, 1.807) is 12.1 Å². The van der Waals surface area contributed by atoms with Crippen LogP contribution in [0.1, 0.15) is 29.4 Å². The molecule has 7 nitrogen and oxygen atoms in total. The zero-order chi connectivity index (χ0) is 18.0. The van der Waals surface area contributed by atoms with Crippen molar-refractivity contribution >= 4 is 23.3 Å². The molecule has 1 aromatic carbocycles. The quantitative estimate of drug-likeness (QED) is 0.861. The molecule has 0 saturated carbocycles. The predicted molar refractivity (Wildman–Crippen MR) is 88.1 cm³/mol. The largest absolute Gasteiger partial charge is 0.394 e. The Labute approximate surface area is 147 Å². The zero-order valence-corrected chi connectivity index (χ0v) is 13.7. The molecule has 1 amide bonds. The number of hydrogen-bond donors (Lipinski definition) is 2. The molecule has 2 heterocycles. The SMILES string of the molecule is O=C(Nc1nc(=O)n([C@H]2CC[C@@H](CO)O2)cc1F)c1cccc(Cl)c1. The third-order valence-corrected chi connectivity index (χ3v) is 4.06. The molecule has 0 bridgehead atoms. The van der Waals surface area contributed by atoms with E-state index >= 15 is 0 Å². The summed E-state index contributed by atoms with van der Waals surface area (Å²) in [5, 5.41) is 11.7. The summed E-state index contributed by atoms with van der Waals surface area (Å²) >= 11 is 5.81. The highest BCUT2D eigenvalue weighted by atomic mass is 35.5. The molecule has 25 heavy (non-hydrogen) atoms. The smallest absolute Gasteiger partial charge is 0.351 e. The molecule has 132 valence electrons. The number of carbonyl (C=O) groups is 1. The summed E-state index contributed by atoms with van der Waals surface area (Å²) in [6.45, 7) is -0.172. The van der Waals surface area contributed by atoms with E-state index in [2.05, 4.69) is 10.3 Å². The number of aliphatic hydroxyl groups is 1. The van der Waals surface area contributed by atoms with Gasteiger partial charge in [0.2, 0.25) is 0 Å². The van der Waals surface area contributed by atoms with Gasteiger partial charge < -0.3 is 15.2 Å². The van der Waals surface area contributed by atoms with Crippen LogP contribution in [0, 0.1) is 5.82 Å². The van der Waals surface area contributed by atoms with Crippen LogP contribution in [0.2, 0.25) is 5.02 Å². The summed E-state index contributed by atoms with van der Waals surface area (Å²) in [5.74, 6) is -1.97. The van der Waals surface area contributed by atoms with Gasteiger partial charge in [-0.25, -0.2) is 9.18 Å². The molecule has 3 rings (SSSR count). The number of benzene rings is 1. The Hall–Kier alpha value is -2.29. The number of hydrogen-bond acceptors (Lipinski definition) is 5. The van der Waals surface area contributed by atoms with E-state index in [0.29, 0.717) is 17.9 Å². The Morgan fingerprint density at radius 1 is 1.48 bits per heavy atom. The molecule has 9 heteroatoms. The zero-order valence-electron chi connectivity index (χ0n) is 13.0. The van der Waals surface area contributed by atoms with Crippen LogP contribution < -0.4 is 11.0 Å². The third kappa shape index (κ3) is 3.87. The van der Waals surface area contributed by atoms with Crippen LogP contribution in [0.5, 0.6) is 0 Å². The van der Waals surface area contributed by atoms with Gasteiger partial charge in [-0.1, -0.05) is 17.7 Å². The molecule has 1 fully saturated rings. The van der Waals surface area contributed by atoms with Gasteiger partial charge in [-0.05, 0) is 31.0 Å². The van der Waals surface area contributed by atoms with Gasteiger partial charge in [0.1, 0.15) is 6.23 Å². The van der Waals surface area contributed by atoms with Gasteiger partial charge in [0.15, 0.2) is 11.6 Å². The molecule has 2 N–H and O–H groups in total. The second-order valence-electron chi connectivity index (χ2n) is 5.56. The summed E-state index contributed by atoms with van der Waals surface area (Å²) in [5.41, 5.74) is -0.547. The maximum absolute atomic E-state index is 14.2. The minimum Gasteiger partial charge on any atom is -0.394 e. The third-order valence-electron chi connectivity index (χ3n) is 3.82. The summed E-state index contributed by atoms with van der Waals surface area (Å²) in [6.07, 6.45) is 0.877. The van der Waals surface area contributed by atoms with Crippen molar-refractivity contribution in [2.75, 3.05) is 11.9 Å². The van der Waals surface area contributed by atoms with Crippen molar-refractivity contribution in [3.63, 3.8) is 0 Å². The number of amides is 1. The van der Waals surface area contributed by atoms with Gasteiger partial charge in [-0.15, -0.1) is 0 Å². The molecule has 1 aromatic heterocycles. The molecule has 0 radical (unpaired) electrons. The monoisotopic (exact) mass is 367 g/mol. The van der Waals surface area contributed by atoms with E-state index < -0.39 is 29.5 Å². The maximum Gasteiger partial charge on any atom is 0.351 e. The fourth-order valence-corrected chi connectivity index (χ4v) is 2.76. The minimum absolute atomic E-state index is 0.172. The molecule has 2 atom stereocenters. The highest BCUT2D eigenvalue weighted by molar-refractivity contribution is 6.31. The average Bonchev–Trinajstić information content (AvgIpc) is 3.06. The molecule has 0 spiro atoms. The Bertz CT molecular complexity index is 858. The maximum atomic E-state index is 14.2. The van der Waals surface area contributed by atoms with Gasteiger partial charge in [0.05, 0.1) is 18.9 Å². The molecule has 2 aromatic rings. The van der Waals surface area contributed by atoms with Crippen LogP contribution in [-0.2, 0) is 4.74 Å². The highest BCUT2D eigenvalue weighted by Gasteiger charge is 2.27. The highest BCUT2D eigenvalue weighted by Crippen LogP contribution is 2.27. The predicted octanol–water partition coefficient (Wildman–Crippen LogP) is 1.96. The van der Waals surface area contributed by atoms with E-state index in [0.717, 1.165) is 10.8 Å². The lowest BCUT2D eigenvalue weighted by molar-refractivity contribution is -0.0249. The van der Waals surface area contributed by atoms with Crippen molar-refractivity contribution in [1.82, 2.24) is 9.55 Å². The van der Waals surface area contributed by atoms with Gasteiger partial charge in [0.25, 0.3) is 5.91 Å². The van der Waals surface area contributed by atoms with Gasteiger partial charge in [-0.2, -0.15) is 4.98 Å². The van der Waals surface area contributed by atoms with E-state index in [1.807, 2.05) is 0 Å². The van der Waals surface area contributed by atoms with Crippen molar-refractivity contribution in [2.45, 2.75) is 25.2 Å². The second-order valence-corrected chi connectivity index (χ2v) is 6.00. The number of ether oxygens (including phenoxy) is 1. The first-order chi connectivity index (χ1) is 12.0. The number of halogens is 2. The summed E-state index contributed by atoms with van der Waals surface area (Å²) in [6, 6.07) is 6.09. The second kappa shape index (κ2) is 7.30. The number of carbonyl (C=O) groups excluding carboxylic acids is 1. The Kier molecular flexibility index (Phi) is 5.12. The fourth-order valence-electron chi connectivity index (χ4n) is 2.57. The van der Waals surface area contributed by atoms with Crippen LogP contribution >= 0.6 is 11.6 Å².